The molecule has 0 atom stereocenters. The van der Waals surface area contributed by atoms with E-state index in [9.17, 15) is 8.42 Å². The van der Waals surface area contributed by atoms with Crippen molar-refractivity contribution in [3.05, 3.63) is 10.6 Å². The number of aryl methyl sites for hydroxylation is 1. The molecule has 2 heterocycles. The van der Waals surface area contributed by atoms with Crippen molar-refractivity contribution in [1.82, 2.24) is 14.8 Å². The maximum atomic E-state index is 11.3. The Balaban J connectivity index is 2.38. The molecule has 5 nitrogen and oxygen atoms in total. The second kappa shape index (κ2) is 3.06. The molecule has 0 aliphatic carbocycles. The van der Waals surface area contributed by atoms with Crippen LogP contribution >= 0.6 is 15.9 Å². The summed E-state index contributed by atoms with van der Waals surface area (Å²) in [6.07, 6.45) is 0.459. The molecule has 0 saturated carbocycles. The minimum atomic E-state index is -2.88. The smallest absolute Gasteiger partial charge is 0.200 e. The monoisotopic (exact) mass is 265 g/mol. The zero-order chi connectivity index (χ0) is 9.47. The molecule has 0 radical (unpaired) electrons. The van der Waals surface area contributed by atoms with Gasteiger partial charge in [0.1, 0.15) is 5.82 Å². The number of rotatable bonds is 0. The van der Waals surface area contributed by atoms with Gasteiger partial charge in [-0.1, -0.05) is 0 Å². The number of hydrogen-bond acceptors (Lipinski definition) is 4. The summed E-state index contributed by atoms with van der Waals surface area (Å²) in [6.45, 7) is 0.450. The minimum Gasteiger partial charge on any atom is -0.305 e. The van der Waals surface area contributed by atoms with E-state index in [0.717, 1.165) is 5.82 Å². The first-order valence-electron chi connectivity index (χ1n) is 3.86. The first-order valence-corrected chi connectivity index (χ1v) is 6.48. The third-order valence-corrected chi connectivity index (χ3v) is 4.26. The van der Waals surface area contributed by atoms with E-state index in [-0.39, 0.29) is 11.5 Å². The molecule has 7 heteroatoms. The van der Waals surface area contributed by atoms with E-state index < -0.39 is 9.84 Å². The quantitative estimate of drug-likeness (QED) is 0.663. The van der Waals surface area contributed by atoms with Gasteiger partial charge in [0, 0.05) is 13.0 Å². The number of aromatic nitrogens is 3. The lowest BCUT2D eigenvalue weighted by Crippen LogP contribution is -2.12. The van der Waals surface area contributed by atoms with Crippen molar-refractivity contribution in [2.75, 3.05) is 11.5 Å². The van der Waals surface area contributed by atoms with Gasteiger partial charge in [-0.15, -0.1) is 10.2 Å². The van der Waals surface area contributed by atoms with Crippen molar-refractivity contribution in [3.8, 4) is 0 Å². The highest BCUT2D eigenvalue weighted by Crippen LogP contribution is 2.14. The number of fused-ring (bicyclic) bond motifs is 1. The van der Waals surface area contributed by atoms with Crippen LogP contribution in [0.15, 0.2) is 4.73 Å². The van der Waals surface area contributed by atoms with Gasteiger partial charge >= 0.3 is 0 Å². The van der Waals surface area contributed by atoms with Crippen LogP contribution in [0, 0.1) is 0 Å². The maximum absolute atomic E-state index is 11.3. The summed E-state index contributed by atoms with van der Waals surface area (Å²) in [6, 6.07) is 0. The first-order chi connectivity index (χ1) is 6.08. The normalized spacial score (nSPS) is 20.7. The van der Waals surface area contributed by atoms with Crippen LogP contribution in [0.1, 0.15) is 5.82 Å². The fourth-order valence-corrected chi connectivity index (χ4v) is 2.92. The van der Waals surface area contributed by atoms with E-state index in [4.69, 9.17) is 0 Å². The summed E-state index contributed by atoms with van der Waals surface area (Å²) in [7, 11) is -2.88. The van der Waals surface area contributed by atoms with Crippen molar-refractivity contribution in [3.63, 3.8) is 0 Å². The van der Waals surface area contributed by atoms with Gasteiger partial charge in [0.25, 0.3) is 0 Å². The van der Waals surface area contributed by atoms with Gasteiger partial charge in [0.2, 0.25) is 0 Å². The standard InChI is InChI=1S/C6H8BrN3O2S/c7-6-9-8-5-1-3-13(11,12)4-2-10(5)6/h1-4H2. The average Bonchev–Trinajstić information content (AvgIpc) is 2.32. The van der Waals surface area contributed by atoms with Gasteiger partial charge in [-0.25, -0.2) is 8.42 Å². The molecule has 0 unspecified atom stereocenters. The number of hydrogen-bond donors (Lipinski definition) is 0. The number of halogens is 1. The molecule has 0 aromatic carbocycles. The Morgan fingerprint density at radius 1 is 1.31 bits per heavy atom. The van der Waals surface area contributed by atoms with E-state index in [1.165, 1.54) is 0 Å². The van der Waals surface area contributed by atoms with Crippen molar-refractivity contribution in [2.45, 2.75) is 13.0 Å². The van der Waals surface area contributed by atoms with E-state index in [2.05, 4.69) is 26.1 Å². The third-order valence-electron chi connectivity index (χ3n) is 2.04. The van der Waals surface area contributed by atoms with Gasteiger partial charge in [-0.2, -0.15) is 0 Å². The molecule has 0 N–H and O–H groups in total. The Bertz CT molecular complexity index is 425. The fourth-order valence-electron chi connectivity index (χ4n) is 1.30. The highest BCUT2D eigenvalue weighted by atomic mass is 79.9. The third kappa shape index (κ3) is 1.76. The summed E-state index contributed by atoms with van der Waals surface area (Å²) < 4.78 is 24.9. The fraction of sp³-hybridized carbons (Fsp3) is 0.667. The second-order valence-electron chi connectivity index (χ2n) is 2.94. The molecule has 2 rings (SSSR count). The van der Waals surface area contributed by atoms with Crippen LogP contribution in [-0.4, -0.2) is 34.7 Å². The maximum Gasteiger partial charge on any atom is 0.200 e. The highest BCUT2D eigenvalue weighted by Gasteiger charge is 2.20. The van der Waals surface area contributed by atoms with Crippen LogP contribution in [0.5, 0.6) is 0 Å². The van der Waals surface area contributed by atoms with E-state index in [0.29, 0.717) is 17.7 Å². The molecule has 1 aliphatic heterocycles. The predicted octanol–water partition coefficient (Wildman–Crippen LogP) is 0.0115. The summed E-state index contributed by atoms with van der Waals surface area (Å²) in [5.74, 6) is 1.10. The lowest BCUT2D eigenvalue weighted by Gasteiger charge is -2.00. The zero-order valence-electron chi connectivity index (χ0n) is 6.77. The molecule has 0 amide bonds. The summed E-state index contributed by atoms with van der Waals surface area (Å²) >= 11 is 3.22. The molecular weight excluding hydrogens is 258 g/mol. The van der Waals surface area contributed by atoms with Gasteiger partial charge < -0.3 is 4.57 Å². The molecule has 1 aromatic rings. The lowest BCUT2D eigenvalue weighted by atomic mass is 10.4. The van der Waals surface area contributed by atoms with Crippen molar-refractivity contribution in [2.24, 2.45) is 0 Å². The lowest BCUT2D eigenvalue weighted by molar-refractivity contribution is 0.592. The van der Waals surface area contributed by atoms with Crippen LogP contribution in [-0.2, 0) is 22.8 Å². The summed E-state index contributed by atoms with van der Waals surface area (Å²) in [4.78, 5) is 0. The summed E-state index contributed by atoms with van der Waals surface area (Å²) in [5, 5.41) is 7.71. The molecule has 72 valence electrons. The number of nitrogens with zero attached hydrogens (tertiary/aromatic N) is 3. The predicted molar refractivity (Wildman–Crippen MR) is 50.1 cm³/mol. The first kappa shape index (κ1) is 9.14. The van der Waals surface area contributed by atoms with Crippen molar-refractivity contribution < 1.29 is 8.42 Å². The second-order valence-corrected chi connectivity index (χ2v) is 5.95. The van der Waals surface area contributed by atoms with Crippen LogP contribution in [0.4, 0.5) is 0 Å². The van der Waals surface area contributed by atoms with Crippen LogP contribution < -0.4 is 0 Å². The molecular formula is C6H8BrN3O2S. The molecule has 0 spiro atoms. The molecule has 0 bridgehead atoms. The van der Waals surface area contributed by atoms with Gasteiger partial charge in [-0.05, 0) is 15.9 Å². The SMILES string of the molecule is O=S1(=O)CCc2nnc(Br)n2CC1. The summed E-state index contributed by atoms with van der Waals surface area (Å²) in [5.41, 5.74) is 0. The van der Waals surface area contributed by atoms with E-state index in [1.807, 2.05) is 0 Å². The minimum absolute atomic E-state index is 0.177. The Labute approximate surface area is 84.2 Å². The van der Waals surface area contributed by atoms with E-state index in [1.54, 1.807) is 4.57 Å². The van der Waals surface area contributed by atoms with Gasteiger partial charge in [0.05, 0.1) is 11.5 Å². The highest BCUT2D eigenvalue weighted by molar-refractivity contribution is 9.10. The van der Waals surface area contributed by atoms with Crippen LogP contribution in [0.3, 0.4) is 0 Å². The molecule has 1 aromatic heterocycles. The van der Waals surface area contributed by atoms with Crippen LogP contribution in [0.25, 0.3) is 0 Å². The Morgan fingerprint density at radius 3 is 2.85 bits per heavy atom. The molecule has 1 aliphatic rings. The van der Waals surface area contributed by atoms with E-state index >= 15 is 0 Å². The number of sulfone groups is 1. The topological polar surface area (TPSA) is 64.8 Å². The van der Waals surface area contributed by atoms with Crippen molar-refractivity contribution >= 4 is 25.8 Å². The largest absolute Gasteiger partial charge is 0.305 e. The van der Waals surface area contributed by atoms with Crippen molar-refractivity contribution in [1.29, 1.82) is 0 Å². The Hall–Kier alpha value is -0.430. The van der Waals surface area contributed by atoms with Gasteiger partial charge in [0.15, 0.2) is 14.6 Å². The molecule has 0 fully saturated rings. The Morgan fingerprint density at radius 2 is 2.08 bits per heavy atom. The van der Waals surface area contributed by atoms with Gasteiger partial charge in [-0.3, -0.25) is 0 Å². The zero-order valence-corrected chi connectivity index (χ0v) is 9.18. The Kier molecular flexibility index (Phi) is 2.15. The molecule has 13 heavy (non-hydrogen) atoms. The molecule has 0 saturated heterocycles. The van der Waals surface area contributed by atoms with Crippen LogP contribution in [0.2, 0.25) is 0 Å². The average molecular weight is 266 g/mol.